The summed E-state index contributed by atoms with van der Waals surface area (Å²) in [5.41, 5.74) is -0.321. The van der Waals surface area contributed by atoms with Gasteiger partial charge in [0.05, 0.1) is 6.61 Å². The summed E-state index contributed by atoms with van der Waals surface area (Å²) < 4.78 is 12.2. The van der Waals surface area contributed by atoms with Gasteiger partial charge in [-0.3, -0.25) is 14.3 Å². The van der Waals surface area contributed by atoms with E-state index in [4.69, 9.17) is 9.47 Å². The van der Waals surface area contributed by atoms with Gasteiger partial charge in [0.2, 0.25) is 0 Å². The van der Waals surface area contributed by atoms with Crippen LogP contribution in [0.2, 0.25) is 0 Å². The lowest BCUT2D eigenvalue weighted by molar-refractivity contribution is 0.0501. The largest absolute Gasteiger partial charge is 0.491 e. The average molecular weight is 276 g/mol. The predicted molar refractivity (Wildman–Crippen MR) is 73.9 cm³/mol. The van der Waals surface area contributed by atoms with Gasteiger partial charge in [-0.1, -0.05) is 18.2 Å². The minimum Gasteiger partial charge on any atom is -0.491 e. The number of aryl methyl sites for hydroxylation is 1. The first-order chi connectivity index (χ1) is 9.66. The number of hydrogen-bond acceptors (Lipinski definition) is 4. The average Bonchev–Trinajstić information content (AvgIpc) is 2.42. The van der Waals surface area contributed by atoms with Crippen LogP contribution in [-0.4, -0.2) is 22.8 Å². The summed E-state index contributed by atoms with van der Waals surface area (Å²) in [4.78, 5) is 24.8. The Labute approximate surface area is 115 Å². The third-order valence-electron chi connectivity index (χ3n) is 2.70. The topological polar surface area (TPSA) is 73.3 Å². The van der Waals surface area contributed by atoms with E-state index in [2.05, 4.69) is 4.98 Å². The number of rotatable bonds is 6. The second kappa shape index (κ2) is 6.72. The maximum absolute atomic E-state index is 11.5. The van der Waals surface area contributed by atoms with Crippen LogP contribution >= 0.6 is 0 Å². The number of nitrogens with one attached hydrogen (secondary N) is 1. The van der Waals surface area contributed by atoms with Crippen molar-refractivity contribution in [1.82, 2.24) is 9.55 Å². The molecule has 0 atom stereocenters. The van der Waals surface area contributed by atoms with Crippen molar-refractivity contribution in [2.24, 2.45) is 0 Å². The molecule has 6 heteroatoms. The molecule has 106 valence electrons. The summed E-state index contributed by atoms with van der Waals surface area (Å²) in [6, 6.07) is 10.8. The molecule has 0 radical (unpaired) electrons. The number of H-pyrrole nitrogens is 1. The zero-order chi connectivity index (χ0) is 14.4. The van der Waals surface area contributed by atoms with Crippen LogP contribution in [-0.2, 0) is 11.5 Å². The zero-order valence-electron chi connectivity index (χ0n) is 11.2. The van der Waals surface area contributed by atoms with Gasteiger partial charge in [0.25, 0.3) is 5.56 Å². The van der Waals surface area contributed by atoms with Crippen LogP contribution in [0.3, 0.4) is 0 Å². The highest BCUT2D eigenvalue weighted by Crippen LogP contribution is 2.07. The first kappa shape index (κ1) is 14.1. The fourth-order valence-corrected chi connectivity index (χ4v) is 1.69. The predicted octanol–water partition coefficient (Wildman–Crippen LogP) is 0.898. The third-order valence-corrected chi connectivity index (χ3v) is 2.70. The standard InChI is InChI=1S/C14H16N2O4/c1-11-9-13(17)15-14(18)16(11)10-19-7-8-20-12-5-3-2-4-6-12/h2-6,9H,7-8,10H2,1H3,(H,15,17,18). The van der Waals surface area contributed by atoms with E-state index in [0.29, 0.717) is 18.9 Å². The highest BCUT2D eigenvalue weighted by Gasteiger charge is 2.01. The molecule has 1 N–H and O–H groups in total. The van der Waals surface area contributed by atoms with E-state index in [1.165, 1.54) is 10.6 Å². The highest BCUT2D eigenvalue weighted by molar-refractivity contribution is 5.20. The lowest BCUT2D eigenvalue weighted by atomic mass is 10.3. The van der Waals surface area contributed by atoms with Gasteiger partial charge in [-0.05, 0) is 19.1 Å². The number of ether oxygens (including phenoxy) is 2. The zero-order valence-corrected chi connectivity index (χ0v) is 11.2. The van der Waals surface area contributed by atoms with Crippen LogP contribution in [0, 0.1) is 6.92 Å². The molecule has 2 rings (SSSR count). The van der Waals surface area contributed by atoms with Gasteiger partial charge in [-0.15, -0.1) is 0 Å². The lowest BCUT2D eigenvalue weighted by Crippen LogP contribution is -2.32. The molecule has 0 amide bonds. The number of hydrogen-bond donors (Lipinski definition) is 1. The minimum atomic E-state index is -0.473. The Bertz CT molecular complexity index is 661. The fourth-order valence-electron chi connectivity index (χ4n) is 1.69. The van der Waals surface area contributed by atoms with E-state index in [0.717, 1.165) is 5.75 Å². The molecule has 0 spiro atoms. The molecule has 0 bridgehead atoms. The Morgan fingerprint density at radius 2 is 1.90 bits per heavy atom. The Balaban J connectivity index is 1.79. The summed E-state index contributed by atoms with van der Waals surface area (Å²) in [6.07, 6.45) is 0. The first-order valence-electron chi connectivity index (χ1n) is 6.23. The molecule has 0 unspecified atom stereocenters. The number of nitrogens with zero attached hydrogens (tertiary/aromatic N) is 1. The Morgan fingerprint density at radius 1 is 1.15 bits per heavy atom. The van der Waals surface area contributed by atoms with Crippen LogP contribution < -0.4 is 16.0 Å². The van der Waals surface area contributed by atoms with Gasteiger partial charge in [-0.25, -0.2) is 4.79 Å². The molecule has 0 fully saturated rings. The van der Waals surface area contributed by atoms with Crippen LogP contribution in [0.15, 0.2) is 46.0 Å². The molecule has 0 aliphatic rings. The lowest BCUT2D eigenvalue weighted by Gasteiger charge is -2.10. The van der Waals surface area contributed by atoms with Crippen molar-refractivity contribution in [2.75, 3.05) is 13.2 Å². The number of benzene rings is 1. The quantitative estimate of drug-likeness (QED) is 0.795. The monoisotopic (exact) mass is 276 g/mol. The van der Waals surface area contributed by atoms with E-state index in [1.54, 1.807) is 6.92 Å². The molecular weight excluding hydrogens is 260 g/mol. The second-order valence-electron chi connectivity index (χ2n) is 4.21. The van der Waals surface area contributed by atoms with Crippen molar-refractivity contribution < 1.29 is 9.47 Å². The molecule has 1 aromatic heterocycles. The van der Waals surface area contributed by atoms with Crippen LogP contribution in [0.25, 0.3) is 0 Å². The normalized spacial score (nSPS) is 10.4. The summed E-state index contributed by atoms with van der Waals surface area (Å²) in [6.45, 7) is 2.50. The van der Waals surface area contributed by atoms with Crippen molar-refractivity contribution in [3.63, 3.8) is 0 Å². The third kappa shape index (κ3) is 3.83. The van der Waals surface area contributed by atoms with Crippen LogP contribution in [0.1, 0.15) is 5.69 Å². The van der Waals surface area contributed by atoms with Gasteiger partial charge in [-0.2, -0.15) is 0 Å². The van der Waals surface area contributed by atoms with Crippen LogP contribution in [0.5, 0.6) is 5.75 Å². The maximum atomic E-state index is 11.5. The molecule has 0 aliphatic heterocycles. The van der Waals surface area contributed by atoms with Gasteiger partial charge in [0.1, 0.15) is 19.1 Å². The number of para-hydroxylation sites is 1. The molecular formula is C14H16N2O4. The van der Waals surface area contributed by atoms with Crippen molar-refractivity contribution in [1.29, 1.82) is 0 Å². The molecule has 0 saturated carbocycles. The molecule has 1 heterocycles. The first-order valence-corrected chi connectivity index (χ1v) is 6.23. The van der Waals surface area contributed by atoms with E-state index in [9.17, 15) is 9.59 Å². The van der Waals surface area contributed by atoms with Gasteiger partial charge in [0.15, 0.2) is 0 Å². The highest BCUT2D eigenvalue weighted by atomic mass is 16.5. The molecule has 1 aromatic carbocycles. The van der Waals surface area contributed by atoms with Gasteiger partial charge < -0.3 is 9.47 Å². The van der Waals surface area contributed by atoms with Crippen LogP contribution in [0.4, 0.5) is 0 Å². The Hall–Kier alpha value is -2.34. The Kier molecular flexibility index (Phi) is 4.73. The summed E-state index contributed by atoms with van der Waals surface area (Å²) in [5, 5.41) is 0. The number of aromatic amines is 1. The van der Waals surface area contributed by atoms with Crippen molar-refractivity contribution >= 4 is 0 Å². The van der Waals surface area contributed by atoms with Crippen molar-refractivity contribution in [3.05, 3.63) is 62.9 Å². The maximum Gasteiger partial charge on any atom is 0.330 e. The van der Waals surface area contributed by atoms with Gasteiger partial charge in [0, 0.05) is 11.8 Å². The summed E-state index contributed by atoms with van der Waals surface area (Å²) >= 11 is 0. The van der Waals surface area contributed by atoms with E-state index >= 15 is 0 Å². The number of aromatic nitrogens is 2. The van der Waals surface area contributed by atoms with E-state index in [-0.39, 0.29) is 6.73 Å². The molecule has 0 saturated heterocycles. The van der Waals surface area contributed by atoms with Gasteiger partial charge >= 0.3 is 5.69 Å². The van der Waals surface area contributed by atoms with E-state index < -0.39 is 11.2 Å². The summed E-state index contributed by atoms with van der Waals surface area (Å²) in [7, 11) is 0. The van der Waals surface area contributed by atoms with E-state index in [1.807, 2.05) is 30.3 Å². The Morgan fingerprint density at radius 3 is 2.60 bits per heavy atom. The summed E-state index contributed by atoms with van der Waals surface area (Å²) in [5.74, 6) is 0.772. The molecule has 20 heavy (non-hydrogen) atoms. The van der Waals surface area contributed by atoms with Crippen molar-refractivity contribution in [2.45, 2.75) is 13.7 Å². The fraction of sp³-hybridized carbons (Fsp3) is 0.286. The SMILES string of the molecule is Cc1cc(=O)[nH]c(=O)n1COCCOc1ccccc1. The molecule has 6 nitrogen and oxygen atoms in total. The second-order valence-corrected chi connectivity index (χ2v) is 4.21. The molecule has 2 aromatic rings. The smallest absolute Gasteiger partial charge is 0.330 e. The van der Waals surface area contributed by atoms with Crippen molar-refractivity contribution in [3.8, 4) is 5.75 Å². The molecule has 0 aliphatic carbocycles. The minimum absolute atomic E-state index is 0.0829.